The number of carbonyl (C=O) groups excluding carboxylic acids is 1. The maximum atomic E-state index is 12.5. The third-order valence-electron chi connectivity index (χ3n) is 5.63. The highest BCUT2D eigenvalue weighted by Crippen LogP contribution is 2.24. The standard InChI is InChI=1S/C23H27N3O3S/c27-23(25-16-14-24(15-17-25)19-21-5-2-1-3-6-21)12-9-20-7-10-22(11-8-20)26-13-4-18-30(26,28)29/h1-3,5-12H,4,13-19H2/b12-9+. The minimum absolute atomic E-state index is 0.0144. The van der Waals surface area contributed by atoms with E-state index in [2.05, 4.69) is 29.2 Å². The first-order valence-corrected chi connectivity index (χ1v) is 12.0. The zero-order valence-corrected chi connectivity index (χ0v) is 17.8. The van der Waals surface area contributed by atoms with E-state index in [9.17, 15) is 13.2 Å². The summed E-state index contributed by atoms with van der Waals surface area (Å²) in [6.07, 6.45) is 4.06. The SMILES string of the molecule is O=C(/C=C/c1ccc(N2CCCS2(=O)=O)cc1)N1CCN(Cc2ccccc2)CC1. The Hall–Kier alpha value is -2.64. The van der Waals surface area contributed by atoms with Crippen LogP contribution >= 0.6 is 0 Å². The second-order valence-corrected chi connectivity index (χ2v) is 9.77. The normalized spacial score (nSPS) is 19.5. The van der Waals surface area contributed by atoms with E-state index >= 15 is 0 Å². The number of anilines is 1. The van der Waals surface area contributed by atoms with Crippen LogP contribution in [0.2, 0.25) is 0 Å². The number of benzene rings is 2. The molecule has 2 fully saturated rings. The van der Waals surface area contributed by atoms with Gasteiger partial charge in [0.15, 0.2) is 0 Å². The minimum atomic E-state index is -3.17. The van der Waals surface area contributed by atoms with E-state index in [1.54, 1.807) is 24.3 Å². The van der Waals surface area contributed by atoms with Crippen molar-refractivity contribution in [3.05, 3.63) is 71.8 Å². The Labute approximate surface area is 178 Å². The molecule has 2 heterocycles. The lowest BCUT2D eigenvalue weighted by Crippen LogP contribution is -2.47. The van der Waals surface area contributed by atoms with E-state index in [0.717, 1.165) is 38.3 Å². The van der Waals surface area contributed by atoms with Crippen LogP contribution < -0.4 is 4.31 Å². The summed E-state index contributed by atoms with van der Waals surface area (Å²) in [5, 5.41) is 0. The molecule has 6 nitrogen and oxygen atoms in total. The van der Waals surface area contributed by atoms with Crippen molar-refractivity contribution in [2.24, 2.45) is 0 Å². The lowest BCUT2D eigenvalue weighted by Gasteiger charge is -2.34. The molecule has 0 spiro atoms. The van der Waals surface area contributed by atoms with Crippen molar-refractivity contribution in [2.45, 2.75) is 13.0 Å². The highest BCUT2D eigenvalue weighted by molar-refractivity contribution is 7.93. The summed E-state index contributed by atoms with van der Waals surface area (Å²) in [4.78, 5) is 16.8. The van der Waals surface area contributed by atoms with E-state index in [1.807, 2.05) is 23.1 Å². The van der Waals surface area contributed by atoms with Gasteiger partial charge in [0.2, 0.25) is 15.9 Å². The van der Waals surface area contributed by atoms with Gasteiger partial charge in [0.1, 0.15) is 0 Å². The fourth-order valence-electron chi connectivity index (χ4n) is 3.92. The van der Waals surface area contributed by atoms with Crippen LogP contribution in [0.25, 0.3) is 6.08 Å². The van der Waals surface area contributed by atoms with Gasteiger partial charge in [-0.2, -0.15) is 0 Å². The maximum Gasteiger partial charge on any atom is 0.246 e. The lowest BCUT2D eigenvalue weighted by molar-refractivity contribution is -0.127. The second-order valence-electron chi connectivity index (χ2n) is 7.75. The van der Waals surface area contributed by atoms with Gasteiger partial charge < -0.3 is 4.90 Å². The van der Waals surface area contributed by atoms with Crippen molar-refractivity contribution in [1.82, 2.24) is 9.80 Å². The van der Waals surface area contributed by atoms with Gasteiger partial charge in [-0.25, -0.2) is 8.42 Å². The highest BCUT2D eigenvalue weighted by atomic mass is 32.2. The zero-order chi connectivity index (χ0) is 21.0. The van der Waals surface area contributed by atoms with Gasteiger partial charge in [-0.1, -0.05) is 42.5 Å². The van der Waals surface area contributed by atoms with Gasteiger partial charge in [-0.05, 0) is 35.8 Å². The predicted molar refractivity (Wildman–Crippen MR) is 120 cm³/mol. The van der Waals surface area contributed by atoms with Crippen LogP contribution in [-0.2, 0) is 21.4 Å². The fourth-order valence-corrected chi connectivity index (χ4v) is 5.49. The fraction of sp³-hybridized carbons (Fsp3) is 0.348. The van der Waals surface area contributed by atoms with Crippen LogP contribution in [0.4, 0.5) is 5.69 Å². The molecule has 0 radical (unpaired) electrons. The predicted octanol–water partition coefficient (Wildman–Crippen LogP) is 2.58. The van der Waals surface area contributed by atoms with Gasteiger partial charge in [0.05, 0.1) is 11.4 Å². The van der Waals surface area contributed by atoms with Crippen LogP contribution in [0.1, 0.15) is 17.5 Å². The van der Waals surface area contributed by atoms with Gasteiger partial charge in [-0.15, -0.1) is 0 Å². The molecular formula is C23H27N3O3S. The summed E-state index contributed by atoms with van der Waals surface area (Å²) in [6.45, 7) is 4.63. The number of hydrogen-bond donors (Lipinski definition) is 0. The molecule has 30 heavy (non-hydrogen) atoms. The third kappa shape index (κ3) is 4.91. The van der Waals surface area contributed by atoms with Crippen molar-refractivity contribution in [1.29, 1.82) is 0 Å². The highest BCUT2D eigenvalue weighted by Gasteiger charge is 2.28. The van der Waals surface area contributed by atoms with Crippen LogP contribution in [-0.4, -0.2) is 62.6 Å². The van der Waals surface area contributed by atoms with Gasteiger partial charge in [0.25, 0.3) is 0 Å². The average Bonchev–Trinajstić information content (AvgIpc) is 3.12. The number of piperazine rings is 1. The number of hydrogen-bond acceptors (Lipinski definition) is 4. The van der Waals surface area contributed by atoms with E-state index < -0.39 is 10.0 Å². The number of sulfonamides is 1. The van der Waals surface area contributed by atoms with Crippen molar-refractivity contribution < 1.29 is 13.2 Å². The molecule has 0 bridgehead atoms. The summed E-state index contributed by atoms with van der Waals surface area (Å²) in [7, 11) is -3.17. The lowest BCUT2D eigenvalue weighted by atomic mass is 10.1. The Morgan fingerprint density at radius 3 is 2.23 bits per heavy atom. The molecular weight excluding hydrogens is 398 g/mol. The van der Waals surface area contributed by atoms with E-state index in [-0.39, 0.29) is 11.7 Å². The van der Waals surface area contributed by atoms with Gasteiger partial charge in [-0.3, -0.25) is 14.0 Å². The minimum Gasteiger partial charge on any atom is -0.337 e. The molecule has 2 saturated heterocycles. The smallest absolute Gasteiger partial charge is 0.246 e. The molecule has 0 aromatic heterocycles. The average molecular weight is 426 g/mol. The molecule has 1 amide bonds. The summed E-state index contributed by atoms with van der Waals surface area (Å²) in [5.74, 6) is 0.224. The van der Waals surface area contributed by atoms with E-state index in [1.165, 1.54) is 9.87 Å². The number of carbonyl (C=O) groups is 1. The molecule has 158 valence electrons. The zero-order valence-electron chi connectivity index (χ0n) is 17.0. The van der Waals surface area contributed by atoms with Crippen LogP contribution in [0.15, 0.2) is 60.7 Å². The molecule has 0 unspecified atom stereocenters. The Bertz CT molecular complexity index is 996. The molecule has 2 aromatic carbocycles. The Balaban J connectivity index is 1.29. The summed E-state index contributed by atoms with van der Waals surface area (Å²) in [6, 6.07) is 17.7. The van der Waals surface area contributed by atoms with Crippen LogP contribution in [0, 0.1) is 0 Å². The van der Waals surface area contributed by atoms with Crippen molar-refractivity contribution in [3.63, 3.8) is 0 Å². The van der Waals surface area contributed by atoms with E-state index in [4.69, 9.17) is 0 Å². The number of amides is 1. The molecule has 7 heteroatoms. The van der Waals surface area contributed by atoms with Crippen molar-refractivity contribution in [2.75, 3.05) is 42.8 Å². The Morgan fingerprint density at radius 1 is 0.900 bits per heavy atom. The summed E-state index contributed by atoms with van der Waals surface area (Å²) in [5.41, 5.74) is 2.86. The Kier molecular flexibility index (Phi) is 6.20. The second kappa shape index (κ2) is 9.02. The largest absolute Gasteiger partial charge is 0.337 e. The number of nitrogens with zero attached hydrogens (tertiary/aromatic N) is 3. The first-order valence-electron chi connectivity index (χ1n) is 10.3. The quantitative estimate of drug-likeness (QED) is 0.691. The van der Waals surface area contributed by atoms with Crippen LogP contribution in [0.3, 0.4) is 0 Å². The first kappa shape index (κ1) is 20.6. The van der Waals surface area contributed by atoms with Crippen molar-refractivity contribution in [3.8, 4) is 0 Å². The summed E-state index contributed by atoms with van der Waals surface area (Å²) < 4.78 is 25.5. The molecule has 2 aromatic rings. The molecule has 0 N–H and O–H groups in total. The third-order valence-corrected chi connectivity index (χ3v) is 7.50. The summed E-state index contributed by atoms with van der Waals surface area (Å²) >= 11 is 0. The molecule has 0 saturated carbocycles. The maximum absolute atomic E-state index is 12.5. The van der Waals surface area contributed by atoms with Gasteiger partial charge in [0, 0.05) is 45.3 Å². The molecule has 2 aliphatic rings. The topological polar surface area (TPSA) is 60.9 Å². The van der Waals surface area contributed by atoms with E-state index in [0.29, 0.717) is 18.7 Å². The first-order chi connectivity index (χ1) is 14.5. The monoisotopic (exact) mass is 425 g/mol. The molecule has 0 atom stereocenters. The molecule has 4 rings (SSSR count). The van der Waals surface area contributed by atoms with Crippen LogP contribution in [0.5, 0.6) is 0 Å². The van der Waals surface area contributed by atoms with Gasteiger partial charge >= 0.3 is 0 Å². The Morgan fingerprint density at radius 2 is 1.60 bits per heavy atom. The molecule has 2 aliphatic heterocycles. The molecule has 0 aliphatic carbocycles. The number of rotatable bonds is 5. The van der Waals surface area contributed by atoms with Crippen molar-refractivity contribution >= 4 is 27.7 Å².